The summed E-state index contributed by atoms with van der Waals surface area (Å²) in [5.74, 6) is 0. The van der Waals surface area contributed by atoms with Crippen LogP contribution >= 0.6 is 17.0 Å². The predicted octanol–water partition coefficient (Wildman–Crippen LogP) is 3.37. The summed E-state index contributed by atoms with van der Waals surface area (Å²) in [6.45, 7) is 10.3. The molecule has 1 aromatic carbocycles. The zero-order valence-electron chi connectivity index (χ0n) is 7.98. The number of hydrogen-bond donors (Lipinski definition) is 0. The predicted molar refractivity (Wildman–Crippen MR) is 55.4 cm³/mol. The molecule has 0 N–H and O–H groups in total. The largest absolute Gasteiger partial charge is 0.198 e. The molecule has 0 aliphatic rings. The van der Waals surface area contributed by atoms with E-state index in [1.54, 1.807) is 0 Å². The van der Waals surface area contributed by atoms with E-state index in [-0.39, 0.29) is 36.5 Å². The molecular formula is C10H14BrZn-. The maximum absolute atomic E-state index is 3.96. The van der Waals surface area contributed by atoms with Gasteiger partial charge in [-0.15, -0.1) is 29.1 Å². The van der Waals surface area contributed by atoms with Gasteiger partial charge in [-0.3, -0.25) is 0 Å². The van der Waals surface area contributed by atoms with Crippen LogP contribution in [0.3, 0.4) is 0 Å². The van der Waals surface area contributed by atoms with Gasteiger partial charge in [-0.25, -0.2) is 0 Å². The second-order valence-electron chi connectivity index (χ2n) is 2.88. The maximum Gasteiger partial charge on any atom is 0 e. The zero-order valence-corrected chi connectivity index (χ0v) is 12.7. The molecule has 0 heterocycles. The van der Waals surface area contributed by atoms with E-state index in [2.05, 4.69) is 39.8 Å². The number of aryl methyl sites for hydroxylation is 3. The van der Waals surface area contributed by atoms with E-state index in [0.717, 1.165) is 0 Å². The van der Waals surface area contributed by atoms with Crippen molar-refractivity contribution in [3.63, 3.8) is 0 Å². The minimum atomic E-state index is 0. The summed E-state index contributed by atoms with van der Waals surface area (Å²) in [6.07, 6.45) is 0. The summed E-state index contributed by atoms with van der Waals surface area (Å²) >= 11 is 0. The molecule has 12 heavy (non-hydrogen) atoms. The molecule has 0 radical (unpaired) electrons. The molecule has 1 rings (SSSR count). The Morgan fingerprint density at radius 3 is 1.67 bits per heavy atom. The third-order valence-electron chi connectivity index (χ3n) is 1.84. The number of benzene rings is 1. The Bertz CT molecular complexity index is 233. The molecule has 2 heteroatoms. The van der Waals surface area contributed by atoms with E-state index in [0.29, 0.717) is 0 Å². The summed E-state index contributed by atoms with van der Waals surface area (Å²) in [6, 6.07) is 4.32. The number of halogens is 1. The van der Waals surface area contributed by atoms with Crippen LogP contribution in [0.2, 0.25) is 0 Å². The first-order valence-corrected chi connectivity index (χ1v) is 3.51. The first-order valence-electron chi connectivity index (χ1n) is 3.51. The van der Waals surface area contributed by atoms with E-state index in [9.17, 15) is 0 Å². The fourth-order valence-corrected chi connectivity index (χ4v) is 1.21. The van der Waals surface area contributed by atoms with Gasteiger partial charge in [0.2, 0.25) is 0 Å². The molecule has 0 nitrogen and oxygen atoms in total. The fraction of sp³-hybridized carbons (Fsp3) is 0.300. The van der Waals surface area contributed by atoms with Crippen molar-refractivity contribution in [2.24, 2.45) is 0 Å². The van der Waals surface area contributed by atoms with E-state index < -0.39 is 0 Å². The van der Waals surface area contributed by atoms with Gasteiger partial charge in [-0.1, -0.05) is 19.4 Å². The van der Waals surface area contributed by atoms with Crippen LogP contribution in [0.4, 0.5) is 0 Å². The second-order valence-corrected chi connectivity index (χ2v) is 2.88. The Morgan fingerprint density at radius 1 is 1.00 bits per heavy atom. The van der Waals surface area contributed by atoms with Crippen molar-refractivity contribution in [1.29, 1.82) is 0 Å². The monoisotopic (exact) mass is 277 g/mol. The van der Waals surface area contributed by atoms with Crippen LogP contribution < -0.4 is 0 Å². The average Bonchev–Trinajstić information content (AvgIpc) is 1.82. The van der Waals surface area contributed by atoms with Crippen molar-refractivity contribution in [1.82, 2.24) is 0 Å². The van der Waals surface area contributed by atoms with Gasteiger partial charge in [0, 0.05) is 19.5 Å². The van der Waals surface area contributed by atoms with Crippen LogP contribution in [0.1, 0.15) is 22.3 Å². The first-order chi connectivity index (χ1) is 4.61. The third-order valence-corrected chi connectivity index (χ3v) is 1.84. The summed E-state index contributed by atoms with van der Waals surface area (Å²) < 4.78 is 0. The fourth-order valence-electron chi connectivity index (χ4n) is 1.21. The van der Waals surface area contributed by atoms with Crippen LogP contribution in [0, 0.1) is 27.7 Å². The quantitative estimate of drug-likeness (QED) is 0.504. The van der Waals surface area contributed by atoms with E-state index in [4.69, 9.17) is 0 Å². The average molecular weight is 280 g/mol. The van der Waals surface area contributed by atoms with Gasteiger partial charge in [0.25, 0.3) is 0 Å². The van der Waals surface area contributed by atoms with Crippen LogP contribution in [0.5, 0.6) is 0 Å². The van der Waals surface area contributed by atoms with Crippen molar-refractivity contribution < 1.29 is 19.5 Å². The van der Waals surface area contributed by atoms with Gasteiger partial charge in [-0.05, 0) is 6.92 Å². The standard InChI is InChI=1S/C10H13.BrH.Zn/c1-7-5-8(2)10(4)9(3)6-7;;/h5-6H,4H2,1-3H3;1H;/q-1;;. The molecule has 0 saturated heterocycles. The summed E-state index contributed by atoms with van der Waals surface area (Å²) in [5, 5.41) is 0. The Balaban J connectivity index is 0. The first kappa shape index (κ1) is 14.7. The van der Waals surface area contributed by atoms with Crippen molar-refractivity contribution in [3.05, 3.63) is 41.3 Å². The number of hydrogen-bond acceptors (Lipinski definition) is 0. The third kappa shape index (κ3) is 3.29. The minimum Gasteiger partial charge on any atom is -0.198 e. The van der Waals surface area contributed by atoms with Crippen LogP contribution in [0.15, 0.2) is 12.1 Å². The second kappa shape index (κ2) is 5.77. The maximum atomic E-state index is 3.96. The smallest absolute Gasteiger partial charge is 0 e. The Hall–Kier alpha value is 0.193. The van der Waals surface area contributed by atoms with Crippen molar-refractivity contribution in [3.8, 4) is 0 Å². The zero-order chi connectivity index (χ0) is 7.72. The molecule has 0 unspecified atom stereocenters. The molecule has 0 fully saturated rings. The van der Waals surface area contributed by atoms with Crippen LogP contribution in [-0.4, -0.2) is 0 Å². The normalized spacial score (nSPS) is 8.25. The molecular weight excluding hydrogens is 265 g/mol. The molecule has 0 aliphatic heterocycles. The molecule has 0 aliphatic carbocycles. The molecule has 0 saturated carbocycles. The van der Waals surface area contributed by atoms with Crippen molar-refractivity contribution >= 4 is 17.0 Å². The molecule has 0 amide bonds. The SMILES string of the molecule is Br.[CH2-]c1c(C)cc(C)cc1C.[Zn]. The van der Waals surface area contributed by atoms with Crippen LogP contribution in [-0.2, 0) is 19.5 Å². The van der Waals surface area contributed by atoms with E-state index in [1.165, 1.54) is 22.3 Å². The van der Waals surface area contributed by atoms with Gasteiger partial charge < -0.3 is 0 Å². The van der Waals surface area contributed by atoms with Gasteiger partial charge in [-0.2, -0.15) is 23.6 Å². The number of rotatable bonds is 0. The summed E-state index contributed by atoms with van der Waals surface area (Å²) in [4.78, 5) is 0. The summed E-state index contributed by atoms with van der Waals surface area (Å²) in [7, 11) is 0. The topological polar surface area (TPSA) is 0 Å². The van der Waals surface area contributed by atoms with Crippen LogP contribution in [0.25, 0.3) is 0 Å². The van der Waals surface area contributed by atoms with Crippen molar-refractivity contribution in [2.45, 2.75) is 20.8 Å². The van der Waals surface area contributed by atoms with Gasteiger partial charge in [0.05, 0.1) is 0 Å². The Labute approximate surface area is 98.3 Å². The van der Waals surface area contributed by atoms with Crippen molar-refractivity contribution in [2.75, 3.05) is 0 Å². The van der Waals surface area contributed by atoms with E-state index in [1.807, 2.05) is 0 Å². The van der Waals surface area contributed by atoms with Gasteiger partial charge in [0.15, 0.2) is 0 Å². The Kier molecular flexibility index (Phi) is 7.07. The minimum absolute atomic E-state index is 0. The summed E-state index contributed by atoms with van der Waals surface area (Å²) in [5.41, 5.74) is 5.07. The van der Waals surface area contributed by atoms with E-state index >= 15 is 0 Å². The Morgan fingerprint density at radius 2 is 1.33 bits per heavy atom. The molecule has 0 aromatic heterocycles. The molecule has 1 aromatic rings. The molecule has 0 spiro atoms. The molecule has 64 valence electrons. The molecule has 0 atom stereocenters. The van der Waals surface area contributed by atoms with Gasteiger partial charge >= 0.3 is 0 Å². The molecule has 0 bridgehead atoms. The van der Waals surface area contributed by atoms with Gasteiger partial charge in [0.1, 0.15) is 0 Å².